The molecule has 0 saturated heterocycles. The van der Waals surface area contributed by atoms with Crippen molar-refractivity contribution in [2.24, 2.45) is 0 Å². The maximum absolute atomic E-state index is 12.0. The number of phenols is 1. The van der Waals surface area contributed by atoms with Crippen LogP contribution in [0.25, 0.3) is 0 Å². The first-order chi connectivity index (χ1) is 11.3. The SMILES string of the molecule is Cc1cccc(OCC(=O)Nc2cc(C)c(O)c(C(=O)O)c2)c1C. The third-order valence-corrected chi connectivity index (χ3v) is 3.73. The molecule has 2 aromatic carbocycles. The summed E-state index contributed by atoms with van der Waals surface area (Å²) < 4.78 is 5.51. The fraction of sp³-hybridized carbons (Fsp3) is 0.222. The van der Waals surface area contributed by atoms with Gasteiger partial charge in [0.15, 0.2) is 6.61 Å². The smallest absolute Gasteiger partial charge is 0.339 e. The number of ether oxygens (including phenoxy) is 1. The number of anilines is 1. The molecule has 126 valence electrons. The molecule has 3 N–H and O–H groups in total. The van der Waals surface area contributed by atoms with Gasteiger partial charge in [0, 0.05) is 5.69 Å². The van der Waals surface area contributed by atoms with Gasteiger partial charge in [-0.15, -0.1) is 0 Å². The Morgan fingerprint density at radius 1 is 1.12 bits per heavy atom. The number of aryl methyl sites for hydroxylation is 2. The normalized spacial score (nSPS) is 10.3. The predicted octanol–water partition coefficient (Wildman–Crippen LogP) is 3.03. The number of carbonyl (C=O) groups excluding carboxylic acids is 1. The van der Waals surface area contributed by atoms with E-state index in [-0.39, 0.29) is 23.6 Å². The minimum atomic E-state index is -1.27. The van der Waals surface area contributed by atoms with Crippen LogP contribution >= 0.6 is 0 Å². The summed E-state index contributed by atoms with van der Waals surface area (Å²) in [5, 5.41) is 21.3. The van der Waals surface area contributed by atoms with Gasteiger partial charge >= 0.3 is 5.97 Å². The quantitative estimate of drug-likeness (QED) is 0.733. The highest BCUT2D eigenvalue weighted by Gasteiger charge is 2.15. The first-order valence-corrected chi connectivity index (χ1v) is 7.35. The molecule has 2 rings (SSSR count). The monoisotopic (exact) mass is 329 g/mol. The summed E-state index contributed by atoms with van der Waals surface area (Å²) >= 11 is 0. The van der Waals surface area contributed by atoms with Gasteiger partial charge in [-0.2, -0.15) is 0 Å². The number of nitrogens with one attached hydrogen (secondary N) is 1. The van der Waals surface area contributed by atoms with E-state index in [1.54, 1.807) is 13.0 Å². The Labute approximate surface area is 139 Å². The minimum absolute atomic E-state index is 0.202. The average molecular weight is 329 g/mol. The summed E-state index contributed by atoms with van der Waals surface area (Å²) in [5.74, 6) is -1.37. The Morgan fingerprint density at radius 3 is 2.50 bits per heavy atom. The lowest BCUT2D eigenvalue weighted by atomic mass is 10.1. The van der Waals surface area contributed by atoms with Gasteiger partial charge in [-0.3, -0.25) is 4.79 Å². The van der Waals surface area contributed by atoms with E-state index in [2.05, 4.69) is 5.32 Å². The summed E-state index contributed by atoms with van der Waals surface area (Å²) in [6.07, 6.45) is 0. The van der Waals surface area contributed by atoms with Gasteiger partial charge in [-0.25, -0.2) is 4.79 Å². The third-order valence-electron chi connectivity index (χ3n) is 3.73. The third kappa shape index (κ3) is 3.84. The van der Waals surface area contributed by atoms with Gasteiger partial charge in [-0.05, 0) is 55.7 Å². The van der Waals surface area contributed by atoms with Crippen LogP contribution in [0.5, 0.6) is 11.5 Å². The molecule has 0 spiro atoms. The fourth-order valence-corrected chi connectivity index (χ4v) is 2.24. The van der Waals surface area contributed by atoms with E-state index < -0.39 is 11.9 Å². The van der Waals surface area contributed by atoms with Crippen LogP contribution in [0.15, 0.2) is 30.3 Å². The Kier molecular flexibility index (Phi) is 5.08. The maximum Gasteiger partial charge on any atom is 0.339 e. The van der Waals surface area contributed by atoms with Gasteiger partial charge in [0.25, 0.3) is 5.91 Å². The highest BCUT2D eigenvalue weighted by molar-refractivity contribution is 5.96. The van der Waals surface area contributed by atoms with Crippen LogP contribution in [0.2, 0.25) is 0 Å². The number of aromatic carboxylic acids is 1. The molecule has 0 aliphatic rings. The topological polar surface area (TPSA) is 95.9 Å². The highest BCUT2D eigenvalue weighted by atomic mass is 16.5. The number of carboxylic acids is 1. The van der Waals surface area contributed by atoms with Crippen molar-refractivity contribution in [3.8, 4) is 11.5 Å². The number of hydrogen-bond acceptors (Lipinski definition) is 4. The van der Waals surface area contributed by atoms with Crippen LogP contribution in [0.4, 0.5) is 5.69 Å². The molecular formula is C18H19NO5. The van der Waals surface area contributed by atoms with Gasteiger partial charge < -0.3 is 20.3 Å². The van der Waals surface area contributed by atoms with Crippen molar-refractivity contribution in [3.05, 3.63) is 52.6 Å². The molecule has 0 aromatic heterocycles. The van der Waals surface area contributed by atoms with E-state index >= 15 is 0 Å². The van der Waals surface area contributed by atoms with Crippen LogP contribution < -0.4 is 10.1 Å². The maximum atomic E-state index is 12.0. The number of hydrogen-bond donors (Lipinski definition) is 3. The second kappa shape index (κ2) is 7.04. The molecule has 0 aliphatic carbocycles. The van der Waals surface area contributed by atoms with Crippen molar-refractivity contribution < 1.29 is 24.5 Å². The molecule has 0 atom stereocenters. The lowest BCUT2D eigenvalue weighted by Crippen LogP contribution is -2.20. The van der Waals surface area contributed by atoms with Gasteiger partial charge in [0.1, 0.15) is 17.1 Å². The fourth-order valence-electron chi connectivity index (χ4n) is 2.24. The zero-order valence-electron chi connectivity index (χ0n) is 13.7. The first-order valence-electron chi connectivity index (χ1n) is 7.35. The van der Waals surface area contributed by atoms with Crippen molar-refractivity contribution in [2.45, 2.75) is 20.8 Å². The summed E-state index contributed by atoms with van der Waals surface area (Å²) in [6, 6.07) is 8.29. The summed E-state index contributed by atoms with van der Waals surface area (Å²) in [7, 11) is 0. The Balaban J connectivity index is 2.07. The number of carbonyl (C=O) groups is 2. The molecule has 0 unspecified atom stereocenters. The summed E-state index contributed by atoms with van der Waals surface area (Å²) in [5.41, 5.74) is 2.41. The number of benzene rings is 2. The molecule has 0 aliphatic heterocycles. The Hall–Kier alpha value is -3.02. The number of aromatic hydroxyl groups is 1. The van der Waals surface area contributed by atoms with Gasteiger partial charge in [-0.1, -0.05) is 12.1 Å². The largest absolute Gasteiger partial charge is 0.507 e. The number of rotatable bonds is 5. The van der Waals surface area contributed by atoms with Crippen LogP contribution in [-0.4, -0.2) is 28.7 Å². The zero-order valence-corrected chi connectivity index (χ0v) is 13.7. The second-order valence-electron chi connectivity index (χ2n) is 5.53. The Bertz CT molecular complexity index is 798. The highest BCUT2D eigenvalue weighted by Crippen LogP contribution is 2.26. The standard InChI is InChI=1S/C18H19NO5/c1-10-5-4-6-15(12(10)3)24-9-16(20)19-13-7-11(2)17(21)14(8-13)18(22)23/h4-8,21H,9H2,1-3H3,(H,19,20)(H,22,23). The zero-order chi connectivity index (χ0) is 17.9. The predicted molar refractivity (Wildman–Crippen MR) is 89.8 cm³/mol. The van der Waals surface area contributed by atoms with E-state index in [1.165, 1.54) is 12.1 Å². The molecule has 0 radical (unpaired) electrons. The van der Waals surface area contributed by atoms with Crippen molar-refractivity contribution >= 4 is 17.6 Å². The summed E-state index contributed by atoms with van der Waals surface area (Å²) in [6.45, 7) is 5.22. The molecule has 0 bridgehead atoms. The summed E-state index contributed by atoms with van der Waals surface area (Å²) in [4.78, 5) is 23.1. The molecule has 2 aromatic rings. The first kappa shape index (κ1) is 17.3. The molecule has 6 heteroatoms. The van der Waals surface area contributed by atoms with Crippen molar-refractivity contribution in [1.29, 1.82) is 0 Å². The lowest BCUT2D eigenvalue weighted by molar-refractivity contribution is -0.118. The van der Waals surface area contributed by atoms with Crippen LogP contribution in [-0.2, 0) is 4.79 Å². The van der Waals surface area contributed by atoms with E-state index in [9.17, 15) is 14.7 Å². The van der Waals surface area contributed by atoms with E-state index in [1.807, 2.05) is 26.0 Å². The molecule has 24 heavy (non-hydrogen) atoms. The van der Waals surface area contributed by atoms with Gasteiger partial charge in [0.05, 0.1) is 0 Å². The van der Waals surface area contributed by atoms with Crippen LogP contribution in [0.3, 0.4) is 0 Å². The molecular weight excluding hydrogens is 310 g/mol. The van der Waals surface area contributed by atoms with Crippen molar-refractivity contribution in [1.82, 2.24) is 0 Å². The van der Waals surface area contributed by atoms with E-state index in [0.717, 1.165) is 11.1 Å². The second-order valence-corrected chi connectivity index (χ2v) is 5.53. The van der Waals surface area contributed by atoms with E-state index in [4.69, 9.17) is 9.84 Å². The Morgan fingerprint density at radius 2 is 1.83 bits per heavy atom. The molecule has 0 fully saturated rings. The minimum Gasteiger partial charge on any atom is -0.507 e. The molecule has 0 heterocycles. The number of amides is 1. The molecule has 6 nitrogen and oxygen atoms in total. The van der Waals surface area contributed by atoms with Gasteiger partial charge in [0.2, 0.25) is 0 Å². The lowest BCUT2D eigenvalue weighted by Gasteiger charge is -2.12. The molecule has 0 saturated carbocycles. The molecule has 1 amide bonds. The van der Waals surface area contributed by atoms with Crippen LogP contribution in [0, 0.1) is 20.8 Å². The van der Waals surface area contributed by atoms with Crippen molar-refractivity contribution in [3.63, 3.8) is 0 Å². The number of carboxylic acid groups (broad SMARTS) is 1. The van der Waals surface area contributed by atoms with E-state index in [0.29, 0.717) is 11.3 Å². The van der Waals surface area contributed by atoms with Crippen molar-refractivity contribution in [2.75, 3.05) is 11.9 Å². The average Bonchev–Trinajstić information content (AvgIpc) is 2.52. The van der Waals surface area contributed by atoms with Crippen LogP contribution in [0.1, 0.15) is 27.0 Å².